The first-order chi connectivity index (χ1) is 10.9. The summed E-state index contributed by atoms with van der Waals surface area (Å²) in [6, 6.07) is 0.687. The Hall–Kier alpha value is -1.69. The summed E-state index contributed by atoms with van der Waals surface area (Å²) in [5, 5.41) is 0. The Morgan fingerprint density at radius 1 is 1.05 bits per heavy atom. The number of hydrogen-bond acceptors (Lipinski definition) is 5. The summed E-state index contributed by atoms with van der Waals surface area (Å²) in [6.45, 7) is 4.80. The highest BCUT2D eigenvalue weighted by Gasteiger charge is 2.38. The van der Waals surface area contributed by atoms with E-state index in [9.17, 15) is 0 Å². The van der Waals surface area contributed by atoms with Crippen LogP contribution in [-0.4, -0.2) is 57.1 Å². The van der Waals surface area contributed by atoms with Crippen LogP contribution in [0.5, 0.6) is 0 Å². The highest BCUT2D eigenvalue weighted by atomic mass is 15.3. The molecule has 0 radical (unpaired) electrons. The van der Waals surface area contributed by atoms with E-state index in [2.05, 4.69) is 29.7 Å². The third-order valence-corrected chi connectivity index (χ3v) is 5.52. The second-order valence-corrected chi connectivity index (χ2v) is 7.20. The van der Waals surface area contributed by atoms with Gasteiger partial charge in [0, 0.05) is 32.2 Å². The minimum absolute atomic E-state index is 0.687. The SMILES string of the molecule is c1nc(N2C[C@@H]3CC[C@H](C2)N(CC2CC2)C3)c2[nH]cnc2n1. The fraction of sp³-hybridized carbons (Fsp3) is 0.688. The molecule has 22 heavy (non-hydrogen) atoms. The van der Waals surface area contributed by atoms with Gasteiger partial charge in [-0.25, -0.2) is 15.0 Å². The van der Waals surface area contributed by atoms with Gasteiger partial charge in [0.05, 0.1) is 6.33 Å². The molecule has 0 amide bonds. The van der Waals surface area contributed by atoms with Crippen molar-refractivity contribution in [2.24, 2.45) is 11.8 Å². The predicted molar refractivity (Wildman–Crippen MR) is 84.7 cm³/mol. The van der Waals surface area contributed by atoms with Crippen LogP contribution in [0, 0.1) is 11.8 Å². The van der Waals surface area contributed by atoms with Crippen molar-refractivity contribution in [3.63, 3.8) is 0 Å². The number of H-pyrrole nitrogens is 1. The summed E-state index contributed by atoms with van der Waals surface area (Å²) in [7, 11) is 0. The van der Waals surface area contributed by atoms with Crippen molar-refractivity contribution in [3.8, 4) is 0 Å². The Bertz CT molecular complexity index is 678. The molecule has 3 aliphatic heterocycles. The number of hydrogen-bond donors (Lipinski definition) is 1. The van der Waals surface area contributed by atoms with E-state index in [1.807, 2.05) is 0 Å². The Morgan fingerprint density at radius 3 is 2.91 bits per heavy atom. The van der Waals surface area contributed by atoms with Gasteiger partial charge in [-0.1, -0.05) is 0 Å². The standard InChI is InChI=1S/C16H22N6/c1-2-11(1)5-21-6-12-3-4-13(21)8-22(7-12)16-14-15(18-9-17-14)19-10-20-16/h9-13H,1-8H2,(H,17,18,19,20)/t12-,13-/m1/s1. The van der Waals surface area contributed by atoms with Gasteiger partial charge in [-0.2, -0.15) is 0 Å². The number of aromatic amines is 1. The third-order valence-electron chi connectivity index (χ3n) is 5.52. The molecule has 1 saturated carbocycles. The number of imidazole rings is 1. The van der Waals surface area contributed by atoms with Crippen molar-refractivity contribution in [2.45, 2.75) is 31.7 Å². The van der Waals surface area contributed by atoms with Crippen LogP contribution >= 0.6 is 0 Å². The zero-order valence-corrected chi connectivity index (χ0v) is 12.8. The molecule has 2 aromatic heterocycles. The van der Waals surface area contributed by atoms with Crippen LogP contribution in [0.25, 0.3) is 11.2 Å². The van der Waals surface area contributed by atoms with Gasteiger partial charge >= 0.3 is 0 Å². The van der Waals surface area contributed by atoms with E-state index in [1.165, 1.54) is 38.8 Å². The molecule has 6 rings (SSSR count). The number of piperidine rings is 1. The van der Waals surface area contributed by atoms with E-state index in [0.29, 0.717) is 6.04 Å². The molecule has 1 N–H and O–H groups in total. The molecule has 4 fully saturated rings. The molecule has 3 saturated heterocycles. The quantitative estimate of drug-likeness (QED) is 0.934. The molecule has 6 heteroatoms. The lowest BCUT2D eigenvalue weighted by Crippen LogP contribution is -2.44. The van der Waals surface area contributed by atoms with Crippen molar-refractivity contribution in [1.82, 2.24) is 24.8 Å². The van der Waals surface area contributed by atoms with Gasteiger partial charge in [0.1, 0.15) is 11.8 Å². The molecule has 2 atom stereocenters. The molecule has 0 aromatic carbocycles. The van der Waals surface area contributed by atoms with Crippen LogP contribution in [-0.2, 0) is 0 Å². The number of fused-ring (bicyclic) bond motifs is 5. The van der Waals surface area contributed by atoms with Gasteiger partial charge < -0.3 is 9.88 Å². The maximum Gasteiger partial charge on any atom is 0.182 e. The lowest BCUT2D eigenvalue weighted by Gasteiger charge is -2.36. The lowest BCUT2D eigenvalue weighted by atomic mass is 9.95. The molecule has 2 bridgehead atoms. The molecular weight excluding hydrogens is 276 g/mol. The smallest absolute Gasteiger partial charge is 0.182 e. The average molecular weight is 298 g/mol. The van der Waals surface area contributed by atoms with Gasteiger partial charge in [-0.3, -0.25) is 4.90 Å². The van der Waals surface area contributed by atoms with Crippen molar-refractivity contribution in [2.75, 3.05) is 31.1 Å². The molecule has 6 nitrogen and oxygen atoms in total. The van der Waals surface area contributed by atoms with Crippen molar-refractivity contribution in [1.29, 1.82) is 0 Å². The largest absolute Gasteiger partial charge is 0.353 e. The second kappa shape index (κ2) is 4.91. The number of nitrogens with zero attached hydrogens (tertiary/aromatic N) is 5. The van der Waals surface area contributed by atoms with Crippen LogP contribution < -0.4 is 4.90 Å². The van der Waals surface area contributed by atoms with Crippen molar-refractivity contribution >= 4 is 17.0 Å². The normalized spacial score (nSPS) is 29.2. The molecule has 4 aliphatic rings. The molecular formula is C16H22N6. The topological polar surface area (TPSA) is 60.9 Å². The minimum Gasteiger partial charge on any atom is -0.353 e. The van der Waals surface area contributed by atoms with Gasteiger partial charge in [-0.05, 0) is 37.5 Å². The van der Waals surface area contributed by atoms with E-state index in [0.717, 1.165) is 41.9 Å². The summed E-state index contributed by atoms with van der Waals surface area (Å²) < 4.78 is 0. The Labute approximate surface area is 129 Å². The third kappa shape index (κ3) is 2.17. The summed E-state index contributed by atoms with van der Waals surface area (Å²) in [5.41, 5.74) is 1.76. The molecule has 2 aromatic rings. The highest BCUT2D eigenvalue weighted by Crippen LogP contribution is 2.36. The maximum absolute atomic E-state index is 4.56. The summed E-state index contributed by atoms with van der Waals surface area (Å²) in [4.78, 5) is 21.5. The first-order valence-corrected chi connectivity index (χ1v) is 8.50. The number of nitrogens with one attached hydrogen (secondary N) is 1. The predicted octanol–water partition coefficient (Wildman–Crippen LogP) is 1.66. The fourth-order valence-electron chi connectivity index (χ4n) is 4.20. The minimum atomic E-state index is 0.687. The van der Waals surface area contributed by atoms with E-state index < -0.39 is 0 Å². The van der Waals surface area contributed by atoms with E-state index in [4.69, 9.17) is 0 Å². The molecule has 5 heterocycles. The second-order valence-electron chi connectivity index (χ2n) is 7.20. The van der Waals surface area contributed by atoms with Gasteiger partial charge in [0.25, 0.3) is 0 Å². The first kappa shape index (κ1) is 12.8. The van der Waals surface area contributed by atoms with Crippen LogP contribution in [0.2, 0.25) is 0 Å². The van der Waals surface area contributed by atoms with Crippen molar-refractivity contribution < 1.29 is 0 Å². The van der Waals surface area contributed by atoms with Gasteiger partial charge in [-0.15, -0.1) is 0 Å². The zero-order chi connectivity index (χ0) is 14.5. The van der Waals surface area contributed by atoms with Crippen LogP contribution in [0.3, 0.4) is 0 Å². The molecule has 1 aliphatic carbocycles. The van der Waals surface area contributed by atoms with E-state index in [-0.39, 0.29) is 0 Å². The Kier molecular flexibility index (Phi) is 2.86. The highest BCUT2D eigenvalue weighted by molar-refractivity contribution is 5.82. The summed E-state index contributed by atoms with van der Waals surface area (Å²) >= 11 is 0. The number of aromatic nitrogens is 4. The van der Waals surface area contributed by atoms with Gasteiger partial charge in [0.15, 0.2) is 11.5 Å². The zero-order valence-electron chi connectivity index (χ0n) is 12.8. The Balaban J connectivity index is 1.45. The average Bonchev–Trinajstić information content (AvgIpc) is 3.28. The maximum atomic E-state index is 4.56. The Morgan fingerprint density at radius 2 is 2.00 bits per heavy atom. The van der Waals surface area contributed by atoms with Crippen LogP contribution in [0.1, 0.15) is 25.7 Å². The molecule has 116 valence electrons. The monoisotopic (exact) mass is 298 g/mol. The first-order valence-electron chi connectivity index (χ1n) is 8.50. The van der Waals surface area contributed by atoms with Crippen molar-refractivity contribution in [3.05, 3.63) is 12.7 Å². The summed E-state index contributed by atoms with van der Waals surface area (Å²) in [5.74, 6) is 2.78. The number of anilines is 1. The van der Waals surface area contributed by atoms with Gasteiger partial charge in [0.2, 0.25) is 0 Å². The van der Waals surface area contributed by atoms with Crippen LogP contribution in [0.15, 0.2) is 12.7 Å². The van der Waals surface area contributed by atoms with E-state index >= 15 is 0 Å². The lowest BCUT2D eigenvalue weighted by molar-refractivity contribution is 0.128. The summed E-state index contributed by atoms with van der Waals surface area (Å²) in [6.07, 6.45) is 8.95. The molecule has 0 spiro atoms. The number of rotatable bonds is 3. The van der Waals surface area contributed by atoms with Crippen LogP contribution in [0.4, 0.5) is 5.82 Å². The fourth-order valence-corrected chi connectivity index (χ4v) is 4.20. The molecule has 0 unspecified atom stereocenters. The van der Waals surface area contributed by atoms with E-state index in [1.54, 1.807) is 12.7 Å².